The maximum atomic E-state index is 14.8. The van der Waals surface area contributed by atoms with Crippen LogP contribution in [0.1, 0.15) is 73.8 Å². The van der Waals surface area contributed by atoms with E-state index in [9.17, 15) is 29.7 Å². The first-order valence-corrected chi connectivity index (χ1v) is 15.5. The predicted octanol–water partition coefficient (Wildman–Crippen LogP) is 2.40. The fourth-order valence-corrected chi connectivity index (χ4v) is 7.98. The summed E-state index contributed by atoms with van der Waals surface area (Å²) in [7, 11) is 0. The third-order valence-corrected chi connectivity index (χ3v) is 10.2. The van der Waals surface area contributed by atoms with Gasteiger partial charge in [0.15, 0.2) is 17.5 Å². The molecular weight excluding hydrogens is 584 g/mol. The van der Waals surface area contributed by atoms with E-state index in [1.165, 1.54) is 13.8 Å². The smallest absolute Gasteiger partial charge is 0.303 e. The van der Waals surface area contributed by atoms with Crippen LogP contribution in [0.4, 0.5) is 0 Å². The molecule has 1 heterocycles. The van der Waals surface area contributed by atoms with Crippen molar-refractivity contribution in [1.82, 2.24) is 0 Å². The number of ketones is 1. The molecular formula is C34H48O11. The Morgan fingerprint density at radius 1 is 1.07 bits per heavy atom. The molecule has 2 bridgehead atoms. The number of hydrogen-bond acceptors (Lipinski definition) is 11. The van der Waals surface area contributed by atoms with Crippen molar-refractivity contribution in [3.63, 3.8) is 0 Å². The molecule has 0 aromatic heterocycles. The molecule has 45 heavy (non-hydrogen) atoms. The number of carbonyl (C=O) groups excluding carboxylic acids is 3. The van der Waals surface area contributed by atoms with Gasteiger partial charge in [-0.05, 0) is 44.4 Å². The summed E-state index contributed by atoms with van der Waals surface area (Å²) in [6.07, 6.45) is -6.36. The number of aliphatic hydroxyl groups excluding tert-OH is 3. The number of rotatable bonds is 5. The lowest BCUT2D eigenvalue weighted by atomic mass is 9.44. The Kier molecular flexibility index (Phi) is 9.78. The molecule has 250 valence electrons. The molecule has 1 unspecified atom stereocenters. The normalized spacial score (nSPS) is 38.4. The van der Waals surface area contributed by atoms with Gasteiger partial charge in [-0.25, -0.2) is 0 Å². The van der Waals surface area contributed by atoms with Crippen molar-refractivity contribution in [2.24, 2.45) is 16.7 Å². The topological polar surface area (TPSA) is 169 Å². The molecule has 1 saturated heterocycles. The molecule has 5 rings (SSSR count). The zero-order chi connectivity index (χ0) is 33.7. The zero-order valence-electron chi connectivity index (χ0n) is 27.4. The predicted molar refractivity (Wildman–Crippen MR) is 161 cm³/mol. The lowest BCUT2D eigenvalue weighted by Crippen LogP contribution is -2.81. The van der Waals surface area contributed by atoms with Gasteiger partial charge in [-0.2, -0.15) is 0 Å². The van der Waals surface area contributed by atoms with Crippen LogP contribution in [-0.2, 0) is 39.9 Å². The number of ether oxygens (including phenoxy) is 4. The van der Waals surface area contributed by atoms with Crippen molar-refractivity contribution in [3.05, 3.63) is 47.0 Å². The summed E-state index contributed by atoms with van der Waals surface area (Å²) in [6.45, 7) is 12.5. The van der Waals surface area contributed by atoms with Gasteiger partial charge in [-0.15, -0.1) is 0 Å². The third-order valence-electron chi connectivity index (χ3n) is 10.2. The molecule has 0 spiro atoms. The van der Waals surface area contributed by atoms with Crippen molar-refractivity contribution in [3.8, 4) is 0 Å². The van der Waals surface area contributed by atoms with E-state index in [4.69, 9.17) is 24.1 Å². The van der Waals surface area contributed by atoms with E-state index in [2.05, 4.69) is 0 Å². The second kappa shape index (κ2) is 12.5. The standard InChI is InChI=1S/C31H40O10.C3H8O/c1-16-20(34)13-31(37)27(38-14-19-10-8-7-9-11-19)25-29(6,21(35)12-22-30(25,15-39-22)41-18(3)33)26(36)24(40-17(2)32)23(16)28(31,4)5;1-3(2)4/h7-11,20-22,24-25,27,34-35,37H,12-15H2,1-6H3;3-4H,1-2H3/t20-,21-,22+,24+,25?,27-,29+,30-,31+;/m0./s1. The summed E-state index contributed by atoms with van der Waals surface area (Å²) >= 11 is 0. The van der Waals surface area contributed by atoms with Crippen LogP contribution in [0, 0.1) is 16.7 Å². The van der Waals surface area contributed by atoms with Gasteiger partial charge in [0, 0.05) is 44.1 Å². The van der Waals surface area contributed by atoms with Crippen molar-refractivity contribution in [2.75, 3.05) is 6.61 Å². The number of fused-ring (bicyclic) bond motifs is 5. The molecule has 11 nitrogen and oxygen atoms in total. The van der Waals surface area contributed by atoms with E-state index in [0.717, 1.165) is 5.56 Å². The Labute approximate surface area is 264 Å². The first-order valence-electron chi connectivity index (χ1n) is 15.5. The zero-order valence-corrected chi connectivity index (χ0v) is 27.4. The van der Waals surface area contributed by atoms with Crippen molar-refractivity contribution >= 4 is 17.7 Å². The van der Waals surface area contributed by atoms with E-state index in [0.29, 0.717) is 5.57 Å². The van der Waals surface area contributed by atoms with Crippen LogP contribution < -0.4 is 0 Å². The minimum absolute atomic E-state index is 0.0211. The van der Waals surface area contributed by atoms with Gasteiger partial charge in [-0.3, -0.25) is 14.4 Å². The molecule has 4 aliphatic rings. The van der Waals surface area contributed by atoms with E-state index in [1.54, 1.807) is 41.5 Å². The number of esters is 2. The molecule has 3 aliphatic carbocycles. The molecule has 4 N–H and O–H groups in total. The Morgan fingerprint density at radius 2 is 1.67 bits per heavy atom. The maximum absolute atomic E-state index is 14.8. The number of carbonyl (C=O) groups is 3. The first-order chi connectivity index (χ1) is 20.8. The fourth-order valence-electron chi connectivity index (χ4n) is 7.98. The van der Waals surface area contributed by atoms with E-state index >= 15 is 0 Å². The summed E-state index contributed by atoms with van der Waals surface area (Å²) in [5.74, 6) is -3.09. The highest BCUT2D eigenvalue weighted by molar-refractivity contribution is 5.95. The SMILES string of the molecule is CC(=O)O[C@H]1C(=O)[C@@]2(C)C([C@H](OCc3ccccc3)[C@]3(O)C[C@H](O)C(C)=C1C3(C)C)[C@]1(OC(C)=O)CO[C@@H]1C[C@@H]2O.CC(C)O. The number of hydrogen-bond donors (Lipinski definition) is 4. The minimum Gasteiger partial charge on any atom is -0.454 e. The van der Waals surface area contributed by atoms with Gasteiger partial charge in [0.2, 0.25) is 0 Å². The van der Waals surface area contributed by atoms with Gasteiger partial charge < -0.3 is 39.4 Å². The molecule has 0 amide bonds. The molecule has 0 radical (unpaired) electrons. The van der Waals surface area contributed by atoms with Gasteiger partial charge in [0.25, 0.3) is 0 Å². The monoisotopic (exact) mass is 632 g/mol. The highest BCUT2D eigenvalue weighted by Crippen LogP contribution is 2.64. The van der Waals surface area contributed by atoms with Crippen LogP contribution in [0.25, 0.3) is 0 Å². The lowest BCUT2D eigenvalue weighted by Gasteiger charge is -2.67. The number of aliphatic hydroxyl groups is 4. The molecule has 2 saturated carbocycles. The van der Waals surface area contributed by atoms with E-state index < -0.39 is 76.2 Å². The van der Waals surface area contributed by atoms with Crippen molar-refractivity contribution < 1.29 is 53.8 Å². The van der Waals surface area contributed by atoms with Crippen LogP contribution in [0.3, 0.4) is 0 Å². The number of Topliss-reactive ketones (excluding diaryl/α,β-unsaturated/α-hetero) is 1. The third kappa shape index (κ3) is 5.76. The highest BCUT2D eigenvalue weighted by Gasteiger charge is 2.77. The molecule has 1 aromatic carbocycles. The largest absolute Gasteiger partial charge is 0.454 e. The van der Waals surface area contributed by atoms with Crippen molar-refractivity contribution in [1.29, 1.82) is 0 Å². The summed E-state index contributed by atoms with van der Waals surface area (Å²) < 4.78 is 24.1. The molecule has 11 heteroatoms. The summed E-state index contributed by atoms with van der Waals surface area (Å²) in [6, 6.07) is 9.28. The van der Waals surface area contributed by atoms with E-state index in [1.807, 2.05) is 30.3 Å². The molecule has 9 atom stereocenters. The van der Waals surface area contributed by atoms with Gasteiger partial charge in [0.05, 0.1) is 36.9 Å². The summed E-state index contributed by atoms with van der Waals surface area (Å²) in [4.78, 5) is 39.8. The van der Waals surface area contributed by atoms with Crippen LogP contribution in [-0.4, -0.2) is 92.6 Å². The Balaban J connectivity index is 0.00000109. The van der Waals surface area contributed by atoms with Gasteiger partial charge in [0.1, 0.15) is 11.7 Å². The fraction of sp³-hybridized carbons (Fsp3) is 0.676. The Hall–Kier alpha value is -2.67. The summed E-state index contributed by atoms with van der Waals surface area (Å²) in [5.41, 5.74) is -4.80. The second-order valence-electron chi connectivity index (χ2n) is 13.9. The second-order valence-corrected chi connectivity index (χ2v) is 13.9. The van der Waals surface area contributed by atoms with Crippen LogP contribution >= 0.6 is 0 Å². The number of benzene rings is 1. The maximum Gasteiger partial charge on any atom is 0.303 e. The molecule has 3 fully saturated rings. The highest BCUT2D eigenvalue weighted by atomic mass is 16.6. The van der Waals surface area contributed by atoms with Crippen LogP contribution in [0.5, 0.6) is 0 Å². The van der Waals surface area contributed by atoms with Crippen molar-refractivity contribution in [2.45, 2.75) is 123 Å². The summed E-state index contributed by atoms with van der Waals surface area (Å²) in [5, 5.41) is 43.9. The van der Waals surface area contributed by atoms with Gasteiger partial charge >= 0.3 is 11.9 Å². The van der Waals surface area contributed by atoms with Crippen LogP contribution in [0.15, 0.2) is 41.5 Å². The quantitative estimate of drug-likeness (QED) is 0.278. The minimum atomic E-state index is -1.87. The van der Waals surface area contributed by atoms with Gasteiger partial charge in [-0.1, -0.05) is 44.2 Å². The average molecular weight is 633 g/mol. The van der Waals surface area contributed by atoms with Crippen LogP contribution in [0.2, 0.25) is 0 Å². The average Bonchev–Trinajstić information content (AvgIpc) is 2.93. The Bertz CT molecular complexity index is 1320. The lowest BCUT2D eigenvalue weighted by molar-refractivity contribution is -0.351. The molecule has 1 aliphatic heterocycles. The van der Waals surface area contributed by atoms with E-state index in [-0.39, 0.29) is 37.7 Å². The Morgan fingerprint density at radius 3 is 2.18 bits per heavy atom. The molecule has 1 aromatic rings. The first kappa shape index (κ1) is 35.2.